The second-order valence-corrected chi connectivity index (χ2v) is 10.3. The molecule has 0 bridgehead atoms. The van der Waals surface area contributed by atoms with E-state index in [1.165, 1.54) is 20.2 Å². The van der Waals surface area contributed by atoms with Crippen molar-refractivity contribution in [1.29, 1.82) is 0 Å². The van der Waals surface area contributed by atoms with E-state index in [1.807, 2.05) is 6.07 Å². The number of hydrogen-bond acceptors (Lipinski definition) is 10. The first-order valence-corrected chi connectivity index (χ1v) is 12.6. The molecule has 1 aromatic carbocycles. The van der Waals surface area contributed by atoms with Crippen LogP contribution in [0.4, 0.5) is 22.0 Å². The molecular weight excluding hydrogens is 518 g/mol. The normalized spacial score (nSPS) is 13.3. The van der Waals surface area contributed by atoms with Gasteiger partial charge in [-0.2, -0.15) is 5.10 Å². The lowest BCUT2D eigenvalue weighted by atomic mass is 9.96. The van der Waals surface area contributed by atoms with Gasteiger partial charge in [0.05, 0.1) is 24.0 Å². The molecule has 4 rings (SSSR count). The number of para-hydroxylation sites is 1. The predicted octanol–water partition coefficient (Wildman–Crippen LogP) is 2.58. The Hall–Kier alpha value is -4.75. The first-order valence-electron chi connectivity index (χ1n) is 12.6. The first kappa shape index (κ1) is 28.3. The van der Waals surface area contributed by atoms with Crippen LogP contribution in [-0.2, 0) is 16.6 Å². The van der Waals surface area contributed by atoms with Crippen LogP contribution in [0.25, 0.3) is 11.4 Å². The topological polar surface area (TPSA) is 165 Å². The van der Waals surface area contributed by atoms with Crippen molar-refractivity contribution >= 4 is 35.1 Å². The van der Waals surface area contributed by atoms with Crippen LogP contribution >= 0.6 is 0 Å². The molecule has 40 heavy (non-hydrogen) atoms. The highest BCUT2D eigenvalue weighted by Gasteiger charge is 2.35. The van der Waals surface area contributed by atoms with Gasteiger partial charge in [0.2, 0.25) is 5.91 Å². The number of carbonyl (C=O) groups excluding carboxylic acids is 3. The van der Waals surface area contributed by atoms with E-state index in [2.05, 4.69) is 36.2 Å². The van der Waals surface area contributed by atoms with Crippen molar-refractivity contribution < 1.29 is 23.9 Å². The quantitative estimate of drug-likeness (QED) is 0.379. The molecule has 1 aliphatic rings. The lowest BCUT2D eigenvalue weighted by Gasteiger charge is -2.39. The zero-order valence-corrected chi connectivity index (χ0v) is 23.3. The van der Waals surface area contributed by atoms with Gasteiger partial charge in [-0.05, 0) is 32.9 Å². The largest absolute Gasteiger partial charge is 0.494 e. The second-order valence-electron chi connectivity index (χ2n) is 10.3. The van der Waals surface area contributed by atoms with E-state index in [9.17, 15) is 14.4 Å². The summed E-state index contributed by atoms with van der Waals surface area (Å²) in [5.74, 6) is 0.323. The van der Waals surface area contributed by atoms with Crippen molar-refractivity contribution in [2.45, 2.75) is 32.8 Å². The molecule has 0 unspecified atom stereocenters. The molecule has 0 saturated carbocycles. The number of rotatable bonds is 8. The van der Waals surface area contributed by atoms with Gasteiger partial charge in [0.15, 0.2) is 23.1 Å². The molecule has 0 spiro atoms. The second kappa shape index (κ2) is 11.6. The van der Waals surface area contributed by atoms with Crippen molar-refractivity contribution in [2.24, 2.45) is 13.0 Å². The van der Waals surface area contributed by atoms with E-state index in [4.69, 9.17) is 9.47 Å². The Labute approximate surface area is 231 Å². The van der Waals surface area contributed by atoms with E-state index >= 15 is 0 Å². The average molecular weight is 552 g/mol. The number of nitrogens with zero attached hydrogens (tertiary/aromatic N) is 6. The molecule has 3 N–H and O–H groups in total. The molecule has 0 radical (unpaired) electrons. The summed E-state index contributed by atoms with van der Waals surface area (Å²) < 4.78 is 12.6. The number of aryl methyl sites for hydroxylation is 1. The maximum Gasteiger partial charge on any atom is 0.410 e. The molecule has 14 nitrogen and oxygen atoms in total. The van der Waals surface area contributed by atoms with Crippen molar-refractivity contribution in [3.05, 3.63) is 36.3 Å². The molecule has 14 heteroatoms. The SMILES string of the molecule is CNC(=O)c1nnc(NC(=O)CC2CN(C(=O)OC(C)(C)C)C2)cc1Nc1cccc(-c2ncn(C)n2)c1OC. The molecule has 1 saturated heterocycles. The van der Waals surface area contributed by atoms with E-state index in [-0.39, 0.29) is 29.8 Å². The molecule has 212 valence electrons. The Kier molecular flexibility index (Phi) is 8.16. The monoisotopic (exact) mass is 551 g/mol. The number of likely N-dealkylation sites (tertiary alicyclic amines) is 1. The summed E-state index contributed by atoms with van der Waals surface area (Å²) in [7, 11) is 4.77. The van der Waals surface area contributed by atoms with Gasteiger partial charge in [-0.3, -0.25) is 14.3 Å². The molecule has 3 heterocycles. The van der Waals surface area contributed by atoms with Crippen molar-refractivity contribution in [3.8, 4) is 17.1 Å². The van der Waals surface area contributed by atoms with Crippen LogP contribution in [0.1, 0.15) is 37.7 Å². The predicted molar refractivity (Wildman–Crippen MR) is 146 cm³/mol. The van der Waals surface area contributed by atoms with E-state index in [0.29, 0.717) is 41.6 Å². The number of amides is 3. The minimum atomic E-state index is -0.578. The number of hydrogen-bond donors (Lipinski definition) is 3. The molecule has 3 aromatic rings. The number of methoxy groups -OCH3 is 1. The number of benzene rings is 1. The van der Waals surface area contributed by atoms with Gasteiger partial charge in [0.25, 0.3) is 5.91 Å². The third kappa shape index (κ3) is 6.62. The number of ether oxygens (including phenoxy) is 2. The van der Waals surface area contributed by atoms with Crippen molar-refractivity contribution in [2.75, 3.05) is 37.9 Å². The lowest BCUT2D eigenvalue weighted by molar-refractivity contribution is -0.118. The van der Waals surface area contributed by atoms with Crippen molar-refractivity contribution in [3.63, 3.8) is 0 Å². The van der Waals surface area contributed by atoms with Crippen LogP contribution in [0.3, 0.4) is 0 Å². The summed E-state index contributed by atoms with van der Waals surface area (Å²) >= 11 is 0. The zero-order valence-electron chi connectivity index (χ0n) is 23.3. The molecular formula is C26H33N9O5. The lowest BCUT2D eigenvalue weighted by Crippen LogP contribution is -2.52. The number of carbonyl (C=O) groups is 3. The number of aromatic nitrogens is 5. The van der Waals surface area contributed by atoms with Crippen LogP contribution in [0, 0.1) is 5.92 Å². The van der Waals surface area contributed by atoms with Crippen LogP contribution in [0.15, 0.2) is 30.6 Å². The highest BCUT2D eigenvalue weighted by molar-refractivity contribution is 5.99. The maximum absolute atomic E-state index is 12.7. The smallest absolute Gasteiger partial charge is 0.410 e. The zero-order chi connectivity index (χ0) is 29.0. The fourth-order valence-electron chi connectivity index (χ4n) is 4.10. The summed E-state index contributed by atoms with van der Waals surface area (Å²) in [5, 5.41) is 20.8. The molecule has 1 fully saturated rings. The Morgan fingerprint density at radius 1 is 1.12 bits per heavy atom. The summed E-state index contributed by atoms with van der Waals surface area (Å²) in [6.07, 6.45) is 1.38. The molecule has 1 aliphatic heterocycles. The van der Waals surface area contributed by atoms with Gasteiger partial charge in [-0.15, -0.1) is 10.2 Å². The van der Waals surface area contributed by atoms with E-state index in [1.54, 1.807) is 55.9 Å². The Bertz CT molecular complexity index is 1410. The maximum atomic E-state index is 12.7. The third-order valence-electron chi connectivity index (χ3n) is 5.92. The van der Waals surface area contributed by atoms with Gasteiger partial charge < -0.3 is 30.3 Å². The van der Waals surface area contributed by atoms with Gasteiger partial charge in [0.1, 0.15) is 11.9 Å². The Morgan fingerprint density at radius 2 is 1.88 bits per heavy atom. The average Bonchev–Trinajstić information content (AvgIpc) is 3.30. The molecule has 2 aromatic heterocycles. The minimum absolute atomic E-state index is 0.00424. The highest BCUT2D eigenvalue weighted by atomic mass is 16.6. The van der Waals surface area contributed by atoms with Crippen LogP contribution in [-0.4, -0.2) is 80.6 Å². The fourth-order valence-corrected chi connectivity index (χ4v) is 4.10. The molecule has 3 amide bonds. The summed E-state index contributed by atoms with van der Waals surface area (Å²) in [6.45, 7) is 6.27. The van der Waals surface area contributed by atoms with Crippen molar-refractivity contribution in [1.82, 2.24) is 35.2 Å². The molecule has 0 atom stereocenters. The summed E-state index contributed by atoms with van der Waals surface area (Å²) in [4.78, 5) is 43.2. The Morgan fingerprint density at radius 3 is 2.50 bits per heavy atom. The molecule has 0 aliphatic carbocycles. The Balaban J connectivity index is 1.49. The van der Waals surface area contributed by atoms with E-state index in [0.717, 1.165) is 0 Å². The minimum Gasteiger partial charge on any atom is -0.494 e. The number of anilines is 3. The third-order valence-corrected chi connectivity index (χ3v) is 5.92. The van der Waals surface area contributed by atoms with Crippen LogP contribution in [0.5, 0.6) is 5.75 Å². The van der Waals surface area contributed by atoms with Gasteiger partial charge in [-0.1, -0.05) is 6.07 Å². The summed E-state index contributed by atoms with van der Waals surface area (Å²) in [6, 6.07) is 6.91. The van der Waals surface area contributed by atoms with Gasteiger partial charge in [-0.25, -0.2) is 9.78 Å². The first-order chi connectivity index (χ1) is 19.0. The van der Waals surface area contributed by atoms with Gasteiger partial charge >= 0.3 is 6.09 Å². The van der Waals surface area contributed by atoms with Crippen LogP contribution < -0.4 is 20.7 Å². The van der Waals surface area contributed by atoms with Gasteiger partial charge in [0, 0.05) is 45.6 Å². The summed E-state index contributed by atoms with van der Waals surface area (Å²) in [5.41, 5.74) is 0.918. The van der Waals surface area contributed by atoms with E-state index < -0.39 is 17.6 Å². The standard InChI is InChI=1S/C26H33N9O5/c1-26(2,3)40-25(38)35-12-15(13-35)10-20(36)30-19-11-18(21(32-31-19)24(37)27-4)29-17-9-7-8-16(22(17)39-6)23-28-14-34(5)33-23/h7-9,11,14-15H,10,12-13H2,1-6H3,(H,27,37)(H2,29,30,31,36). The van der Waals surface area contributed by atoms with Crippen LogP contribution in [0.2, 0.25) is 0 Å². The number of nitrogens with one attached hydrogen (secondary N) is 3. The fraction of sp³-hybridized carbons (Fsp3) is 0.423. The highest BCUT2D eigenvalue weighted by Crippen LogP contribution is 2.37.